The summed E-state index contributed by atoms with van der Waals surface area (Å²) in [5, 5.41) is 5.12. The Labute approximate surface area is 181 Å². The van der Waals surface area contributed by atoms with Crippen molar-refractivity contribution < 1.29 is 27.5 Å². The zero-order chi connectivity index (χ0) is 23.1. The number of nitrogens with two attached hydrogens (primary N) is 1. The third-order valence-corrected chi connectivity index (χ3v) is 4.99. The summed E-state index contributed by atoms with van der Waals surface area (Å²) in [6, 6.07) is 0.267. The normalized spacial score (nSPS) is 10.9. The highest BCUT2D eigenvalue weighted by Gasteiger charge is 2.24. The molecule has 0 saturated heterocycles. The first-order valence-electron chi connectivity index (χ1n) is 9.36. The van der Waals surface area contributed by atoms with Crippen molar-refractivity contribution in [1.29, 1.82) is 0 Å². The van der Waals surface area contributed by atoms with Gasteiger partial charge < -0.3 is 20.7 Å². The molecule has 1 aromatic carbocycles. The molecule has 0 radical (unpaired) electrons. The van der Waals surface area contributed by atoms with Crippen LogP contribution in [0.5, 0.6) is 5.88 Å². The molecule has 1 heterocycles. The SMILES string of the molecule is Cc1cc(F)c(COc2nsc(NC(=O)NCCCCN(C)C)c2C(N)=O)c(F)c1F. The summed E-state index contributed by atoms with van der Waals surface area (Å²) < 4.78 is 50.8. The average Bonchev–Trinajstić information content (AvgIpc) is 3.08. The number of unbranched alkanes of at least 4 members (excludes halogenated alkanes) is 1. The predicted molar refractivity (Wildman–Crippen MR) is 111 cm³/mol. The van der Waals surface area contributed by atoms with Crippen LogP contribution in [-0.4, -0.2) is 48.4 Å². The number of anilines is 1. The molecule has 0 atom stereocenters. The molecule has 2 rings (SSSR count). The Bertz CT molecular complexity index is 952. The number of urea groups is 1. The van der Waals surface area contributed by atoms with E-state index in [-0.39, 0.29) is 22.0 Å². The van der Waals surface area contributed by atoms with Crippen LogP contribution in [0.15, 0.2) is 6.07 Å². The zero-order valence-corrected chi connectivity index (χ0v) is 18.2. The minimum Gasteiger partial charge on any atom is -0.471 e. The van der Waals surface area contributed by atoms with Gasteiger partial charge in [0.05, 0.1) is 5.56 Å². The fourth-order valence-electron chi connectivity index (χ4n) is 2.60. The van der Waals surface area contributed by atoms with Gasteiger partial charge in [-0.3, -0.25) is 10.1 Å². The van der Waals surface area contributed by atoms with Crippen LogP contribution in [0.2, 0.25) is 0 Å². The lowest BCUT2D eigenvalue weighted by atomic mass is 10.1. The maximum Gasteiger partial charge on any atom is 0.319 e. The minimum atomic E-state index is -1.39. The van der Waals surface area contributed by atoms with E-state index >= 15 is 0 Å². The molecule has 2 aromatic rings. The van der Waals surface area contributed by atoms with Crippen molar-refractivity contribution in [3.05, 3.63) is 40.2 Å². The van der Waals surface area contributed by atoms with E-state index < -0.39 is 41.6 Å². The molecule has 12 heteroatoms. The lowest BCUT2D eigenvalue weighted by molar-refractivity contribution is 0.0996. The lowest BCUT2D eigenvalue weighted by Gasteiger charge is -2.10. The van der Waals surface area contributed by atoms with Crippen LogP contribution in [-0.2, 0) is 6.61 Å². The highest BCUT2D eigenvalue weighted by atomic mass is 32.1. The molecule has 0 aliphatic heterocycles. The third kappa shape index (κ3) is 6.56. The van der Waals surface area contributed by atoms with E-state index in [4.69, 9.17) is 10.5 Å². The number of nitrogens with one attached hydrogen (secondary N) is 2. The number of carbonyl (C=O) groups excluding carboxylic acids is 2. The van der Waals surface area contributed by atoms with Gasteiger partial charge >= 0.3 is 6.03 Å². The van der Waals surface area contributed by atoms with Gasteiger partial charge in [0.2, 0.25) is 5.88 Å². The fourth-order valence-corrected chi connectivity index (χ4v) is 3.34. The van der Waals surface area contributed by atoms with Crippen molar-refractivity contribution in [2.24, 2.45) is 5.73 Å². The second-order valence-corrected chi connectivity index (χ2v) is 7.79. The van der Waals surface area contributed by atoms with E-state index in [9.17, 15) is 22.8 Å². The average molecular weight is 459 g/mol. The Kier molecular flexibility index (Phi) is 8.63. The summed E-state index contributed by atoms with van der Waals surface area (Å²) in [6.45, 7) is 1.81. The lowest BCUT2D eigenvalue weighted by Crippen LogP contribution is -2.30. The smallest absolute Gasteiger partial charge is 0.319 e. The molecule has 31 heavy (non-hydrogen) atoms. The monoisotopic (exact) mass is 459 g/mol. The van der Waals surface area contributed by atoms with Crippen molar-refractivity contribution in [3.63, 3.8) is 0 Å². The number of primary amides is 1. The van der Waals surface area contributed by atoms with Crippen LogP contribution in [0.4, 0.5) is 23.0 Å². The molecule has 0 aliphatic rings. The maximum atomic E-state index is 14.0. The Morgan fingerprint density at radius 1 is 1.23 bits per heavy atom. The van der Waals surface area contributed by atoms with Gasteiger partial charge in [-0.1, -0.05) is 0 Å². The van der Waals surface area contributed by atoms with E-state index in [1.165, 1.54) is 6.92 Å². The second kappa shape index (κ2) is 11.0. The molecule has 1 aromatic heterocycles. The molecule has 0 aliphatic carbocycles. The van der Waals surface area contributed by atoms with Gasteiger partial charge in [-0.15, -0.1) is 0 Å². The summed E-state index contributed by atoms with van der Waals surface area (Å²) >= 11 is 0.714. The third-order valence-electron chi connectivity index (χ3n) is 4.24. The van der Waals surface area contributed by atoms with Gasteiger partial charge in [0.1, 0.15) is 23.0 Å². The van der Waals surface area contributed by atoms with Gasteiger partial charge in [-0.2, -0.15) is 4.37 Å². The summed E-state index contributed by atoms with van der Waals surface area (Å²) in [6.07, 6.45) is 1.65. The van der Waals surface area contributed by atoms with Crippen LogP contribution >= 0.6 is 11.5 Å². The van der Waals surface area contributed by atoms with E-state index in [2.05, 4.69) is 15.0 Å². The number of ether oxygens (including phenoxy) is 1. The van der Waals surface area contributed by atoms with Gasteiger partial charge in [-0.25, -0.2) is 18.0 Å². The Morgan fingerprint density at radius 3 is 2.58 bits per heavy atom. The van der Waals surface area contributed by atoms with E-state index in [0.29, 0.717) is 18.1 Å². The first-order valence-corrected chi connectivity index (χ1v) is 10.1. The first-order chi connectivity index (χ1) is 14.6. The first kappa shape index (κ1) is 24.4. The topological polar surface area (TPSA) is 110 Å². The Morgan fingerprint density at radius 2 is 1.94 bits per heavy atom. The van der Waals surface area contributed by atoms with E-state index in [0.717, 1.165) is 25.5 Å². The van der Waals surface area contributed by atoms with Crippen LogP contribution in [0.25, 0.3) is 0 Å². The molecule has 4 N–H and O–H groups in total. The number of carbonyl (C=O) groups is 2. The maximum absolute atomic E-state index is 14.0. The highest BCUT2D eigenvalue weighted by molar-refractivity contribution is 7.11. The highest BCUT2D eigenvalue weighted by Crippen LogP contribution is 2.31. The summed E-state index contributed by atoms with van der Waals surface area (Å²) in [7, 11) is 3.90. The second-order valence-electron chi connectivity index (χ2n) is 7.02. The van der Waals surface area contributed by atoms with Gasteiger partial charge in [0.25, 0.3) is 5.91 Å². The van der Waals surface area contributed by atoms with Crippen LogP contribution < -0.4 is 21.1 Å². The summed E-state index contributed by atoms with van der Waals surface area (Å²) in [4.78, 5) is 25.9. The number of amides is 3. The molecule has 0 spiro atoms. The Hall–Kier alpha value is -2.86. The Balaban J connectivity index is 2.04. The van der Waals surface area contributed by atoms with Crippen molar-refractivity contribution >= 4 is 28.5 Å². The van der Waals surface area contributed by atoms with E-state index in [1.807, 2.05) is 19.0 Å². The number of benzene rings is 1. The van der Waals surface area contributed by atoms with Crippen molar-refractivity contribution in [3.8, 4) is 5.88 Å². The molecule has 0 fully saturated rings. The van der Waals surface area contributed by atoms with Gasteiger partial charge in [0, 0.05) is 6.54 Å². The molecule has 3 amide bonds. The number of nitrogens with zero attached hydrogens (tertiary/aromatic N) is 2. The van der Waals surface area contributed by atoms with E-state index in [1.54, 1.807) is 0 Å². The molecule has 0 saturated carbocycles. The number of halogens is 3. The quantitative estimate of drug-likeness (QED) is 0.374. The molecule has 170 valence electrons. The zero-order valence-electron chi connectivity index (χ0n) is 17.4. The van der Waals surface area contributed by atoms with Crippen LogP contribution in [0.1, 0.15) is 34.3 Å². The van der Waals surface area contributed by atoms with Crippen molar-refractivity contribution in [2.75, 3.05) is 32.5 Å². The minimum absolute atomic E-state index is 0.0179. The van der Waals surface area contributed by atoms with Gasteiger partial charge in [0.15, 0.2) is 11.6 Å². The van der Waals surface area contributed by atoms with Crippen LogP contribution in [0.3, 0.4) is 0 Å². The summed E-state index contributed by atoms with van der Waals surface area (Å²) in [5.74, 6) is -4.86. The summed E-state index contributed by atoms with van der Waals surface area (Å²) in [5.41, 5.74) is 4.24. The van der Waals surface area contributed by atoms with Crippen molar-refractivity contribution in [2.45, 2.75) is 26.4 Å². The fraction of sp³-hybridized carbons (Fsp3) is 0.421. The molecule has 0 unspecified atom stereocenters. The van der Waals surface area contributed by atoms with Crippen molar-refractivity contribution in [1.82, 2.24) is 14.6 Å². The van der Waals surface area contributed by atoms with Crippen LogP contribution in [0, 0.1) is 24.4 Å². The number of aryl methyl sites for hydroxylation is 1. The molecular formula is C19H24F3N5O3S. The predicted octanol–water partition coefficient (Wildman–Crippen LogP) is 3.01. The van der Waals surface area contributed by atoms with Gasteiger partial charge in [-0.05, 0) is 63.6 Å². The molecule has 8 nitrogen and oxygen atoms in total. The number of hydrogen-bond donors (Lipinski definition) is 3. The standard InChI is InChI=1S/C19H24F3N5O3S/c1-10-8-12(20)11(15(22)14(10)21)9-30-17-13(16(23)28)18(31-26-17)25-19(29)24-6-4-5-7-27(2)3/h8H,4-7,9H2,1-3H3,(H2,23,28)(H2,24,25,29). The number of hydrogen-bond acceptors (Lipinski definition) is 6. The molecule has 0 bridgehead atoms. The number of aromatic nitrogens is 1. The number of rotatable bonds is 10. The molecular weight excluding hydrogens is 435 g/mol. The largest absolute Gasteiger partial charge is 0.471 e.